The van der Waals surface area contributed by atoms with Gasteiger partial charge in [0.1, 0.15) is 0 Å². The van der Waals surface area contributed by atoms with Crippen LogP contribution in [0.15, 0.2) is 0 Å². The van der Waals surface area contributed by atoms with E-state index in [-0.39, 0.29) is 18.6 Å². The van der Waals surface area contributed by atoms with Crippen molar-refractivity contribution in [3.05, 3.63) is 0 Å². The minimum atomic E-state index is 0.0492. The maximum atomic E-state index is 12.2. The summed E-state index contributed by atoms with van der Waals surface area (Å²) < 4.78 is 0. The average molecular weight is 241 g/mol. The molecule has 2 heterocycles. The molecular weight excluding hydrogens is 218 g/mol. The first-order valence-electron chi connectivity index (χ1n) is 6.66. The molecule has 0 aromatic heterocycles. The summed E-state index contributed by atoms with van der Waals surface area (Å²) in [6.45, 7) is 5.29. The topological polar surface area (TPSA) is 55.8 Å². The molecule has 2 aliphatic heterocycles. The first-order valence-corrected chi connectivity index (χ1v) is 6.66. The van der Waals surface area contributed by atoms with E-state index in [1.807, 2.05) is 4.90 Å². The third kappa shape index (κ3) is 3.40. The van der Waals surface area contributed by atoms with Gasteiger partial charge in [-0.15, -0.1) is 0 Å². The summed E-state index contributed by atoms with van der Waals surface area (Å²) in [5.74, 6) is 0.272. The molecule has 0 bridgehead atoms. The number of carbonyl (C=O) groups excluding carboxylic acids is 1. The molecule has 5 heteroatoms. The van der Waals surface area contributed by atoms with E-state index in [0.717, 1.165) is 52.1 Å². The van der Waals surface area contributed by atoms with Crippen LogP contribution in [-0.4, -0.2) is 72.7 Å². The standard InChI is InChI=1S/C12H23N3O2/c16-10-9-14-5-7-15(8-6-14)12(17)11-3-1-2-4-13-11/h11,13,16H,1-10H2/t11-/m0/s1. The third-order valence-corrected chi connectivity index (χ3v) is 3.71. The Morgan fingerprint density at radius 3 is 2.59 bits per heavy atom. The minimum absolute atomic E-state index is 0.0492. The number of nitrogens with zero attached hydrogens (tertiary/aromatic N) is 2. The average Bonchev–Trinajstić information content (AvgIpc) is 2.40. The van der Waals surface area contributed by atoms with Gasteiger partial charge >= 0.3 is 0 Å². The lowest BCUT2D eigenvalue weighted by Gasteiger charge is -2.37. The number of aliphatic hydroxyl groups is 1. The largest absolute Gasteiger partial charge is 0.395 e. The zero-order valence-electron chi connectivity index (χ0n) is 10.4. The number of hydrogen-bond acceptors (Lipinski definition) is 4. The van der Waals surface area contributed by atoms with E-state index in [1.54, 1.807) is 0 Å². The van der Waals surface area contributed by atoms with Crippen LogP contribution in [0.3, 0.4) is 0 Å². The molecule has 98 valence electrons. The summed E-state index contributed by atoms with van der Waals surface area (Å²) in [6, 6.07) is 0.0492. The zero-order valence-corrected chi connectivity index (χ0v) is 10.4. The van der Waals surface area contributed by atoms with Crippen LogP contribution in [-0.2, 0) is 4.79 Å². The molecule has 2 N–H and O–H groups in total. The quantitative estimate of drug-likeness (QED) is 0.684. The lowest BCUT2D eigenvalue weighted by atomic mass is 10.0. The van der Waals surface area contributed by atoms with E-state index in [0.29, 0.717) is 0 Å². The molecular formula is C12H23N3O2. The van der Waals surface area contributed by atoms with Crippen molar-refractivity contribution >= 4 is 5.91 Å². The molecule has 2 fully saturated rings. The first kappa shape index (κ1) is 12.8. The molecule has 0 aromatic rings. The van der Waals surface area contributed by atoms with Gasteiger partial charge in [-0.3, -0.25) is 9.69 Å². The van der Waals surface area contributed by atoms with Crippen LogP contribution in [0.5, 0.6) is 0 Å². The molecule has 2 rings (SSSR count). The Morgan fingerprint density at radius 2 is 2.00 bits per heavy atom. The van der Waals surface area contributed by atoms with Gasteiger partial charge in [0.2, 0.25) is 5.91 Å². The van der Waals surface area contributed by atoms with Crippen molar-refractivity contribution in [2.75, 3.05) is 45.9 Å². The van der Waals surface area contributed by atoms with Gasteiger partial charge in [0, 0.05) is 32.7 Å². The summed E-state index contributed by atoms with van der Waals surface area (Å²) in [5.41, 5.74) is 0. The lowest BCUT2D eigenvalue weighted by molar-refractivity contribution is -0.135. The highest BCUT2D eigenvalue weighted by Crippen LogP contribution is 2.11. The number of amides is 1. The molecule has 5 nitrogen and oxygen atoms in total. The second kappa shape index (κ2) is 6.33. The van der Waals surface area contributed by atoms with E-state index in [1.165, 1.54) is 6.42 Å². The van der Waals surface area contributed by atoms with Crippen molar-refractivity contribution in [1.29, 1.82) is 0 Å². The fourth-order valence-corrected chi connectivity index (χ4v) is 2.62. The Kier molecular flexibility index (Phi) is 4.76. The van der Waals surface area contributed by atoms with Crippen LogP contribution in [0, 0.1) is 0 Å². The Bertz CT molecular complexity index is 246. The number of hydrogen-bond donors (Lipinski definition) is 2. The number of carbonyl (C=O) groups is 1. The van der Waals surface area contributed by atoms with Gasteiger partial charge in [0.25, 0.3) is 0 Å². The molecule has 1 amide bonds. The lowest BCUT2D eigenvalue weighted by Crippen LogP contribution is -2.55. The van der Waals surface area contributed by atoms with Gasteiger partial charge in [-0.2, -0.15) is 0 Å². The van der Waals surface area contributed by atoms with E-state index in [2.05, 4.69) is 10.2 Å². The molecule has 0 aliphatic carbocycles. The maximum absolute atomic E-state index is 12.2. The van der Waals surface area contributed by atoms with Gasteiger partial charge < -0.3 is 15.3 Å². The predicted molar refractivity (Wildman–Crippen MR) is 65.7 cm³/mol. The molecule has 0 radical (unpaired) electrons. The van der Waals surface area contributed by atoms with Crippen LogP contribution in [0.2, 0.25) is 0 Å². The zero-order chi connectivity index (χ0) is 12.1. The number of nitrogens with one attached hydrogen (secondary N) is 1. The summed E-state index contributed by atoms with van der Waals surface area (Å²) in [7, 11) is 0. The summed E-state index contributed by atoms with van der Waals surface area (Å²) >= 11 is 0. The molecule has 2 saturated heterocycles. The van der Waals surface area contributed by atoms with Crippen molar-refractivity contribution in [3.8, 4) is 0 Å². The summed E-state index contributed by atoms with van der Waals surface area (Å²) in [5, 5.41) is 12.2. The minimum Gasteiger partial charge on any atom is -0.395 e. The fraction of sp³-hybridized carbons (Fsp3) is 0.917. The van der Waals surface area contributed by atoms with Gasteiger partial charge in [0.05, 0.1) is 12.6 Å². The molecule has 0 aromatic carbocycles. The number of aliphatic hydroxyl groups excluding tert-OH is 1. The van der Waals surface area contributed by atoms with Gasteiger partial charge in [-0.25, -0.2) is 0 Å². The summed E-state index contributed by atoms with van der Waals surface area (Å²) in [6.07, 6.45) is 3.33. The predicted octanol–water partition coefficient (Wildman–Crippen LogP) is -0.735. The highest BCUT2D eigenvalue weighted by Gasteiger charge is 2.27. The van der Waals surface area contributed by atoms with Crippen LogP contribution in [0.4, 0.5) is 0 Å². The van der Waals surface area contributed by atoms with E-state index >= 15 is 0 Å². The van der Waals surface area contributed by atoms with E-state index < -0.39 is 0 Å². The Morgan fingerprint density at radius 1 is 1.24 bits per heavy atom. The third-order valence-electron chi connectivity index (χ3n) is 3.71. The molecule has 1 atom stereocenters. The Labute approximate surface area is 103 Å². The highest BCUT2D eigenvalue weighted by molar-refractivity contribution is 5.82. The molecule has 2 aliphatic rings. The van der Waals surface area contributed by atoms with Gasteiger partial charge in [-0.1, -0.05) is 6.42 Å². The van der Waals surface area contributed by atoms with E-state index in [4.69, 9.17) is 5.11 Å². The van der Waals surface area contributed by atoms with Crippen LogP contribution >= 0.6 is 0 Å². The van der Waals surface area contributed by atoms with Crippen molar-refractivity contribution < 1.29 is 9.90 Å². The normalized spacial score (nSPS) is 27.1. The fourth-order valence-electron chi connectivity index (χ4n) is 2.62. The van der Waals surface area contributed by atoms with E-state index in [9.17, 15) is 4.79 Å². The van der Waals surface area contributed by atoms with Crippen LogP contribution in [0.25, 0.3) is 0 Å². The number of piperidine rings is 1. The number of rotatable bonds is 3. The van der Waals surface area contributed by atoms with Crippen LogP contribution < -0.4 is 5.32 Å². The highest BCUT2D eigenvalue weighted by atomic mass is 16.3. The Balaban J connectivity index is 1.77. The van der Waals surface area contributed by atoms with Crippen LogP contribution in [0.1, 0.15) is 19.3 Å². The number of β-amino-alcohol motifs (C(OH)–C–C–N with tert-alkyl or cyclic N) is 1. The Hall–Kier alpha value is -0.650. The molecule has 17 heavy (non-hydrogen) atoms. The van der Waals surface area contributed by atoms with Gasteiger partial charge in [-0.05, 0) is 19.4 Å². The summed E-state index contributed by atoms with van der Waals surface area (Å²) in [4.78, 5) is 16.4. The molecule has 0 unspecified atom stereocenters. The maximum Gasteiger partial charge on any atom is 0.239 e. The smallest absolute Gasteiger partial charge is 0.239 e. The van der Waals surface area contributed by atoms with Crippen molar-refractivity contribution in [3.63, 3.8) is 0 Å². The van der Waals surface area contributed by atoms with Gasteiger partial charge in [0.15, 0.2) is 0 Å². The first-order chi connectivity index (χ1) is 8.31. The van der Waals surface area contributed by atoms with Crippen molar-refractivity contribution in [2.24, 2.45) is 0 Å². The molecule has 0 spiro atoms. The second-order valence-corrected chi connectivity index (χ2v) is 4.89. The number of piperazine rings is 1. The monoisotopic (exact) mass is 241 g/mol. The van der Waals surface area contributed by atoms with Crippen molar-refractivity contribution in [2.45, 2.75) is 25.3 Å². The molecule has 0 saturated carbocycles. The van der Waals surface area contributed by atoms with Crippen molar-refractivity contribution in [1.82, 2.24) is 15.1 Å². The second-order valence-electron chi connectivity index (χ2n) is 4.89. The SMILES string of the molecule is O=C([C@@H]1CCCCN1)N1CCN(CCO)CC1.